The largest absolute Gasteiger partial charge is 0.481 e. The highest BCUT2D eigenvalue weighted by Crippen LogP contribution is 2.29. The van der Waals surface area contributed by atoms with Crippen molar-refractivity contribution in [1.29, 1.82) is 0 Å². The molecule has 0 aliphatic carbocycles. The van der Waals surface area contributed by atoms with Crippen LogP contribution in [0.1, 0.15) is 16.8 Å². The van der Waals surface area contributed by atoms with Crippen LogP contribution in [0.2, 0.25) is 0 Å². The van der Waals surface area contributed by atoms with Crippen LogP contribution in [0.25, 0.3) is 0 Å². The molecule has 0 aromatic heterocycles. The Labute approximate surface area is 137 Å². The Bertz CT molecular complexity index is 660. The molecule has 0 radical (unpaired) electrons. The Morgan fingerprint density at radius 1 is 1.39 bits per heavy atom. The third-order valence-corrected chi connectivity index (χ3v) is 4.16. The molecule has 8 heteroatoms. The lowest BCUT2D eigenvalue weighted by Gasteiger charge is -2.13. The maximum absolute atomic E-state index is 12.2. The number of nitrogens with one attached hydrogen (secondary N) is 1. The molecule has 0 spiro atoms. The van der Waals surface area contributed by atoms with Gasteiger partial charge in [0.15, 0.2) is 5.17 Å². The summed E-state index contributed by atoms with van der Waals surface area (Å²) in [4.78, 5) is 36.2. The van der Waals surface area contributed by atoms with Gasteiger partial charge in [0.05, 0.1) is 6.42 Å². The van der Waals surface area contributed by atoms with Gasteiger partial charge in [0, 0.05) is 12.1 Å². The highest BCUT2D eigenvalue weighted by Gasteiger charge is 2.38. The second kappa shape index (κ2) is 7.59. The first-order chi connectivity index (χ1) is 11.0. The second-order valence-corrected chi connectivity index (χ2v) is 5.81. The van der Waals surface area contributed by atoms with Gasteiger partial charge < -0.3 is 5.11 Å². The van der Waals surface area contributed by atoms with Crippen molar-refractivity contribution in [2.45, 2.75) is 11.7 Å². The van der Waals surface area contributed by atoms with Crippen molar-refractivity contribution in [1.82, 2.24) is 10.3 Å². The van der Waals surface area contributed by atoms with Gasteiger partial charge in [-0.3, -0.25) is 19.3 Å². The lowest BCUT2D eigenvalue weighted by atomic mass is 10.2. The van der Waals surface area contributed by atoms with E-state index in [-0.39, 0.29) is 24.0 Å². The number of thioether (sulfide) groups is 1. The fourth-order valence-electron chi connectivity index (χ4n) is 1.93. The van der Waals surface area contributed by atoms with Gasteiger partial charge in [0.2, 0.25) is 5.91 Å². The molecule has 1 aliphatic heterocycles. The summed E-state index contributed by atoms with van der Waals surface area (Å²) >= 11 is 1.02. The number of aliphatic carboxylic acids is 1. The number of hydrazone groups is 1. The molecule has 1 saturated heterocycles. The highest BCUT2D eigenvalue weighted by atomic mass is 32.2. The summed E-state index contributed by atoms with van der Waals surface area (Å²) in [5, 5.41) is 12.3. The molecule has 1 heterocycles. The Morgan fingerprint density at radius 2 is 2.09 bits per heavy atom. The summed E-state index contributed by atoms with van der Waals surface area (Å²) in [6, 6.07) is 8.51. The van der Waals surface area contributed by atoms with Crippen LogP contribution in [-0.4, -0.2) is 44.8 Å². The number of hydrogen-bond acceptors (Lipinski definition) is 5. The zero-order valence-electron chi connectivity index (χ0n) is 12.1. The minimum Gasteiger partial charge on any atom is -0.481 e. The van der Waals surface area contributed by atoms with E-state index in [0.29, 0.717) is 5.56 Å². The summed E-state index contributed by atoms with van der Waals surface area (Å²) in [6.45, 7) is 3.76. The van der Waals surface area contributed by atoms with E-state index in [4.69, 9.17) is 5.11 Å². The maximum Gasteiger partial charge on any atom is 0.305 e. The summed E-state index contributed by atoms with van der Waals surface area (Å²) in [5.74, 6) is -1.83. The normalized spacial score (nSPS) is 19.0. The first-order valence-electron chi connectivity index (χ1n) is 6.76. The highest BCUT2D eigenvalue weighted by molar-refractivity contribution is 8.15. The average Bonchev–Trinajstić information content (AvgIpc) is 2.82. The van der Waals surface area contributed by atoms with Gasteiger partial charge in [-0.15, -0.1) is 11.7 Å². The maximum atomic E-state index is 12.2. The van der Waals surface area contributed by atoms with E-state index in [1.807, 2.05) is 0 Å². The molecule has 120 valence electrons. The van der Waals surface area contributed by atoms with E-state index in [2.05, 4.69) is 17.1 Å². The first kappa shape index (κ1) is 16.8. The fraction of sp³-hybridized carbons (Fsp3) is 0.200. The van der Waals surface area contributed by atoms with Crippen molar-refractivity contribution in [2.75, 3.05) is 6.54 Å². The number of amidine groups is 1. The van der Waals surface area contributed by atoms with Gasteiger partial charge in [-0.2, -0.15) is 0 Å². The summed E-state index contributed by atoms with van der Waals surface area (Å²) in [7, 11) is 0. The smallest absolute Gasteiger partial charge is 0.305 e. The zero-order chi connectivity index (χ0) is 16.8. The molecular formula is C15H15N3O4S. The summed E-state index contributed by atoms with van der Waals surface area (Å²) in [5.41, 5.74) is 2.81. The van der Waals surface area contributed by atoms with Crippen LogP contribution in [0, 0.1) is 0 Å². The molecule has 1 aromatic carbocycles. The van der Waals surface area contributed by atoms with Crippen LogP contribution in [0.15, 0.2) is 48.1 Å². The Hall–Kier alpha value is -2.61. The van der Waals surface area contributed by atoms with Gasteiger partial charge in [-0.25, -0.2) is 5.43 Å². The number of nitrogens with zero attached hydrogens (tertiary/aromatic N) is 2. The van der Waals surface area contributed by atoms with Crippen LogP contribution in [0.5, 0.6) is 0 Å². The van der Waals surface area contributed by atoms with Crippen molar-refractivity contribution in [3.8, 4) is 0 Å². The molecule has 23 heavy (non-hydrogen) atoms. The monoisotopic (exact) mass is 333 g/mol. The molecular weight excluding hydrogens is 318 g/mol. The van der Waals surface area contributed by atoms with Gasteiger partial charge in [-0.05, 0) is 12.1 Å². The van der Waals surface area contributed by atoms with Gasteiger partial charge >= 0.3 is 5.97 Å². The zero-order valence-corrected chi connectivity index (χ0v) is 13.0. The summed E-state index contributed by atoms with van der Waals surface area (Å²) < 4.78 is 0. The third kappa shape index (κ3) is 4.19. The third-order valence-electron chi connectivity index (χ3n) is 2.98. The van der Waals surface area contributed by atoms with Crippen molar-refractivity contribution in [2.24, 2.45) is 5.10 Å². The number of benzene rings is 1. The molecule has 2 amide bonds. The average molecular weight is 333 g/mol. The minimum atomic E-state index is -1.07. The standard InChI is InChI=1S/C15H15N3O4S/c1-2-8-18-14(22)11(9-12(19)20)23-15(18)17-16-13(21)10-6-4-3-5-7-10/h2-7,11H,1,8-9H2,(H,16,21)(H,19,20)/b17-15+. The Kier molecular flexibility index (Phi) is 5.53. The molecule has 1 unspecified atom stereocenters. The quantitative estimate of drug-likeness (QED) is 0.604. The second-order valence-electron chi connectivity index (χ2n) is 4.64. The first-order valence-corrected chi connectivity index (χ1v) is 7.64. The predicted molar refractivity (Wildman–Crippen MR) is 86.9 cm³/mol. The molecule has 0 saturated carbocycles. The van der Waals surface area contributed by atoms with Gasteiger partial charge in [-0.1, -0.05) is 36.0 Å². The van der Waals surface area contributed by atoms with E-state index in [1.54, 1.807) is 30.3 Å². The van der Waals surface area contributed by atoms with Crippen LogP contribution < -0.4 is 5.43 Å². The molecule has 2 N–H and O–H groups in total. The van der Waals surface area contributed by atoms with Crippen molar-refractivity contribution in [3.05, 3.63) is 48.6 Å². The van der Waals surface area contributed by atoms with Crippen molar-refractivity contribution >= 4 is 34.7 Å². The van der Waals surface area contributed by atoms with Crippen LogP contribution >= 0.6 is 11.8 Å². The molecule has 7 nitrogen and oxygen atoms in total. The number of rotatable bonds is 6. The van der Waals surface area contributed by atoms with Crippen LogP contribution in [0.4, 0.5) is 0 Å². The number of carbonyl (C=O) groups excluding carboxylic acids is 2. The Balaban J connectivity index is 2.12. The Morgan fingerprint density at radius 3 is 2.70 bits per heavy atom. The minimum absolute atomic E-state index is 0.196. The molecule has 2 rings (SSSR count). The topological polar surface area (TPSA) is 99.1 Å². The van der Waals surface area contributed by atoms with E-state index < -0.39 is 17.1 Å². The van der Waals surface area contributed by atoms with E-state index in [0.717, 1.165) is 11.8 Å². The van der Waals surface area contributed by atoms with Gasteiger partial charge in [0.25, 0.3) is 5.91 Å². The fourth-order valence-corrected chi connectivity index (χ4v) is 3.03. The van der Waals surface area contributed by atoms with Gasteiger partial charge in [0.1, 0.15) is 5.25 Å². The molecule has 0 bridgehead atoms. The molecule has 1 atom stereocenters. The van der Waals surface area contributed by atoms with E-state index in [9.17, 15) is 14.4 Å². The number of carboxylic acid groups (broad SMARTS) is 1. The lowest BCUT2D eigenvalue weighted by molar-refractivity contribution is -0.139. The van der Waals surface area contributed by atoms with Crippen molar-refractivity contribution in [3.63, 3.8) is 0 Å². The molecule has 1 aromatic rings. The van der Waals surface area contributed by atoms with Crippen LogP contribution in [-0.2, 0) is 9.59 Å². The number of carbonyl (C=O) groups is 3. The molecule has 1 aliphatic rings. The summed E-state index contributed by atoms with van der Waals surface area (Å²) in [6.07, 6.45) is 1.21. The van der Waals surface area contributed by atoms with E-state index in [1.165, 1.54) is 11.0 Å². The lowest BCUT2D eigenvalue weighted by Crippen LogP contribution is -2.34. The number of amides is 2. The van der Waals surface area contributed by atoms with E-state index >= 15 is 0 Å². The van der Waals surface area contributed by atoms with Crippen molar-refractivity contribution < 1.29 is 19.5 Å². The molecule has 1 fully saturated rings. The van der Waals surface area contributed by atoms with Crippen LogP contribution in [0.3, 0.4) is 0 Å². The number of carboxylic acids is 1. The predicted octanol–water partition coefficient (Wildman–Crippen LogP) is 1.29. The SMILES string of the molecule is C=CCN1C(=O)C(CC(=O)O)S/C1=N/NC(=O)c1ccccc1. The number of hydrogen-bond donors (Lipinski definition) is 2.